The summed E-state index contributed by atoms with van der Waals surface area (Å²) in [6.07, 6.45) is 50.3. The van der Waals surface area contributed by atoms with E-state index < -0.39 is 97.5 Å². The van der Waals surface area contributed by atoms with Gasteiger partial charge in [-0.05, 0) is 49.4 Å². The number of ether oxygens (including phenoxy) is 4. The molecule has 0 aliphatic carbocycles. The highest BCUT2D eigenvalue weighted by Crippen LogP contribution is 2.45. The van der Waals surface area contributed by atoms with Crippen molar-refractivity contribution in [2.24, 2.45) is 23.7 Å². The molecule has 19 heteroatoms. The number of aliphatic hydroxyl groups excluding tert-OH is 1. The van der Waals surface area contributed by atoms with E-state index in [0.717, 1.165) is 114 Å². The van der Waals surface area contributed by atoms with Crippen molar-refractivity contribution in [1.82, 2.24) is 0 Å². The summed E-state index contributed by atoms with van der Waals surface area (Å²) in [5.41, 5.74) is 0. The van der Waals surface area contributed by atoms with Gasteiger partial charge in [-0.15, -0.1) is 0 Å². The Kier molecular flexibility index (Phi) is 64.0. The molecule has 0 aliphatic heterocycles. The van der Waals surface area contributed by atoms with E-state index in [1.165, 1.54) is 180 Å². The Hall–Kier alpha value is -1.94. The first-order chi connectivity index (χ1) is 45.6. The van der Waals surface area contributed by atoms with E-state index in [2.05, 4.69) is 55.4 Å². The zero-order chi connectivity index (χ0) is 70.3. The molecular weight excluding hydrogens is 1250 g/mol. The van der Waals surface area contributed by atoms with Crippen LogP contribution in [-0.2, 0) is 65.4 Å². The SMILES string of the molecule is CCC(C)CCCCCCCCC(=O)O[C@H](COC(=O)CCCCCCCCC(C)C)COP(=O)(O)OC[C@H](O)COP(=O)(O)OC[C@@H](COC(=O)CCCCCCCCCCCCCCC(C)C)OC(=O)CCCCCCCCCCCCCCCCCCCCC(C)C. The highest BCUT2D eigenvalue weighted by Gasteiger charge is 2.30. The van der Waals surface area contributed by atoms with E-state index >= 15 is 0 Å². The first-order valence-electron chi connectivity index (χ1n) is 39.2. The number of phosphoric ester groups is 2. The summed E-state index contributed by atoms with van der Waals surface area (Å²) < 4.78 is 68.4. The van der Waals surface area contributed by atoms with Crippen molar-refractivity contribution in [2.45, 2.75) is 401 Å². The molecule has 564 valence electrons. The summed E-state index contributed by atoms with van der Waals surface area (Å²) in [5.74, 6) is 0.875. The molecule has 17 nitrogen and oxygen atoms in total. The van der Waals surface area contributed by atoms with Gasteiger partial charge in [-0.2, -0.15) is 0 Å². The van der Waals surface area contributed by atoms with Crippen LogP contribution < -0.4 is 0 Å². The van der Waals surface area contributed by atoms with Gasteiger partial charge < -0.3 is 33.8 Å². The fourth-order valence-electron chi connectivity index (χ4n) is 11.5. The highest BCUT2D eigenvalue weighted by atomic mass is 31.2. The van der Waals surface area contributed by atoms with E-state index in [9.17, 15) is 43.2 Å². The van der Waals surface area contributed by atoms with Gasteiger partial charge in [0.25, 0.3) is 0 Å². The van der Waals surface area contributed by atoms with Crippen LogP contribution in [-0.4, -0.2) is 96.7 Å². The number of phosphoric acid groups is 2. The average molecular weight is 1400 g/mol. The first-order valence-corrected chi connectivity index (χ1v) is 42.2. The fraction of sp³-hybridized carbons (Fsp3) is 0.947. The van der Waals surface area contributed by atoms with Crippen LogP contribution in [0.25, 0.3) is 0 Å². The molecule has 0 saturated carbocycles. The van der Waals surface area contributed by atoms with Crippen LogP contribution in [0.2, 0.25) is 0 Å². The van der Waals surface area contributed by atoms with Crippen LogP contribution in [0.3, 0.4) is 0 Å². The lowest BCUT2D eigenvalue weighted by atomic mass is 10.00. The van der Waals surface area contributed by atoms with Crippen LogP contribution in [0, 0.1) is 23.7 Å². The van der Waals surface area contributed by atoms with Crippen molar-refractivity contribution >= 4 is 39.5 Å². The van der Waals surface area contributed by atoms with E-state index in [-0.39, 0.29) is 25.7 Å². The summed E-state index contributed by atoms with van der Waals surface area (Å²) in [6, 6.07) is 0. The van der Waals surface area contributed by atoms with Gasteiger partial charge in [0.1, 0.15) is 19.3 Å². The van der Waals surface area contributed by atoms with E-state index in [1.807, 2.05) is 0 Å². The number of carbonyl (C=O) groups excluding carboxylic acids is 4. The smallest absolute Gasteiger partial charge is 0.462 e. The van der Waals surface area contributed by atoms with E-state index in [4.69, 9.17) is 37.0 Å². The molecule has 0 aromatic carbocycles. The van der Waals surface area contributed by atoms with E-state index in [1.54, 1.807) is 0 Å². The zero-order valence-corrected chi connectivity index (χ0v) is 64.1. The second-order valence-electron chi connectivity index (χ2n) is 29.1. The normalized spacial score (nSPS) is 14.4. The Balaban J connectivity index is 5.19. The molecule has 0 aromatic heterocycles. The predicted molar refractivity (Wildman–Crippen MR) is 386 cm³/mol. The van der Waals surface area contributed by atoms with Crippen LogP contribution in [0.1, 0.15) is 383 Å². The summed E-state index contributed by atoms with van der Waals surface area (Å²) in [7, 11) is -9.91. The zero-order valence-electron chi connectivity index (χ0n) is 62.3. The van der Waals surface area contributed by atoms with Crippen LogP contribution >= 0.6 is 15.6 Å². The molecule has 0 rings (SSSR count). The lowest BCUT2D eigenvalue weighted by Crippen LogP contribution is -2.30. The predicted octanol–water partition coefficient (Wildman–Crippen LogP) is 22.0. The van der Waals surface area contributed by atoms with Crippen molar-refractivity contribution in [2.75, 3.05) is 39.6 Å². The first kappa shape index (κ1) is 93.1. The molecule has 0 saturated heterocycles. The highest BCUT2D eigenvalue weighted by molar-refractivity contribution is 7.47. The number of unbranched alkanes of at least 4 members (excludes halogenated alkanes) is 38. The minimum Gasteiger partial charge on any atom is -0.462 e. The minimum atomic E-state index is -4.96. The molecule has 0 fully saturated rings. The third-order valence-electron chi connectivity index (χ3n) is 17.9. The molecule has 0 spiro atoms. The number of rotatable bonds is 73. The monoisotopic (exact) mass is 1400 g/mol. The van der Waals surface area contributed by atoms with Crippen LogP contribution in [0.5, 0.6) is 0 Å². The standard InChI is InChI=1S/C76H148O17P2/c1-9-69(8)55-47-39-33-35-43-51-59-76(81)93-72(63-87-74(79)57-49-41-34-32-38-46-54-68(6)7)65-91-95(84,85)89-61-70(77)60-88-94(82,83)90-64-71(62-86-73(78)56-48-40-30-26-22-19-18-21-25-29-37-45-53-67(4)5)92-75(80)58-50-42-31-27-23-17-15-13-11-10-12-14-16-20-24-28-36-44-52-66(2)3/h66-72,77H,9-65H2,1-8H3,(H,82,83)(H,84,85)/t69?,70-,71-,72-/m1/s1. The maximum absolute atomic E-state index is 13.1. The molecule has 0 aliphatic rings. The van der Waals surface area contributed by atoms with Crippen molar-refractivity contribution in [1.29, 1.82) is 0 Å². The summed E-state index contributed by atoms with van der Waals surface area (Å²) >= 11 is 0. The van der Waals surface area contributed by atoms with Gasteiger partial charge in [0, 0.05) is 25.7 Å². The summed E-state index contributed by atoms with van der Waals surface area (Å²) in [5, 5.41) is 10.6. The van der Waals surface area contributed by atoms with Crippen molar-refractivity contribution in [3.05, 3.63) is 0 Å². The number of carbonyl (C=O) groups is 4. The molecule has 0 bridgehead atoms. The van der Waals surface area contributed by atoms with Crippen LogP contribution in [0.15, 0.2) is 0 Å². The maximum Gasteiger partial charge on any atom is 0.472 e. The molecule has 6 atom stereocenters. The van der Waals surface area contributed by atoms with Gasteiger partial charge in [0.05, 0.1) is 26.4 Å². The quantitative estimate of drug-likeness (QED) is 0.0222. The number of esters is 4. The topological polar surface area (TPSA) is 237 Å². The molecular formula is C76H148O17P2. The minimum absolute atomic E-state index is 0.102. The number of hydrogen-bond acceptors (Lipinski definition) is 15. The molecule has 0 amide bonds. The molecule has 0 heterocycles. The van der Waals surface area contributed by atoms with Gasteiger partial charge in [0.2, 0.25) is 0 Å². The van der Waals surface area contributed by atoms with E-state index in [0.29, 0.717) is 31.6 Å². The molecule has 0 aromatic rings. The Bertz CT molecular complexity index is 1870. The van der Waals surface area contributed by atoms with Gasteiger partial charge >= 0.3 is 39.5 Å². The molecule has 3 N–H and O–H groups in total. The number of hydrogen-bond donors (Lipinski definition) is 3. The average Bonchev–Trinajstić information content (AvgIpc) is 2.59. The Morgan fingerprint density at radius 1 is 0.295 bits per heavy atom. The van der Waals surface area contributed by atoms with Gasteiger partial charge in [0.15, 0.2) is 12.2 Å². The second kappa shape index (κ2) is 65.4. The van der Waals surface area contributed by atoms with Crippen molar-refractivity contribution in [3.8, 4) is 0 Å². The summed E-state index contributed by atoms with van der Waals surface area (Å²) in [4.78, 5) is 72.7. The number of aliphatic hydroxyl groups is 1. The maximum atomic E-state index is 13.1. The molecule has 0 radical (unpaired) electrons. The van der Waals surface area contributed by atoms with Gasteiger partial charge in [-0.25, -0.2) is 9.13 Å². The Labute approximate surface area is 581 Å². The van der Waals surface area contributed by atoms with Crippen molar-refractivity contribution < 1.29 is 80.2 Å². The van der Waals surface area contributed by atoms with Crippen molar-refractivity contribution in [3.63, 3.8) is 0 Å². The Morgan fingerprint density at radius 3 is 0.747 bits per heavy atom. The van der Waals surface area contributed by atoms with Gasteiger partial charge in [-0.1, -0.05) is 331 Å². The van der Waals surface area contributed by atoms with Gasteiger partial charge in [-0.3, -0.25) is 37.3 Å². The molecule has 95 heavy (non-hydrogen) atoms. The lowest BCUT2D eigenvalue weighted by Gasteiger charge is -2.21. The third-order valence-corrected chi connectivity index (χ3v) is 19.8. The van der Waals surface area contributed by atoms with Crippen LogP contribution in [0.4, 0.5) is 0 Å². The third kappa shape index (κ3) is 69.0. The Morgan fingerprint density at radius 2 is 0.505 bits per heavy atom. The lowest BCUT2D eigenvalue weighted by molar-refractivity contribution is -0.161. The second-order valence-corrected chi connectivity index (χ2v) is 32.0. The largest absolute Gasteiger partial charge is 0.472 e. The molecule has 3 unspecified atom stereocenters. The summed E-state index contributed by atoms with van der Waals surface area (Å²) in [6.45, 7) is 14.1. The fourth-order valence-corrected chi connectivity index (χ4v) is 13.1.